The highest BCUT2D eigenvalue weighted by Crippen LogP contribution is 2.50. The number of hydrogen-bond donors (Lipinski definition) is 0. The Morgan fingerprint density at radius 2 is 1.25 bits per heavy atom. The molecule has 1 aromatic heterocycles. The normalized spacial score (nSPS) is 16.4. The van der Waals surface area contributed by atoms with Crippen LogP contribution < -0.4 is 0 Å². The highest BCUT2D eigenvalue weighted by molar-refractivity contribution is 6.17. The fraction of sp³-hybridized carbons (Fsp3) is 0.0727. The summed E-state index contributed by atoms with van der Waals surface area (Å²) in [6.45, 7) is 6.63. The molecular weight excluding hydrogens is 689 g/mol. The molecule has 57 heavy (non-hydrogen) atoms. The summed E-state index contributed by atoms with van der Waals surface area (Å²) in [5.74, 6) is 0.247. The van der Waals surface area contributed by atoms with E-state index in [0.717, 1.165) is 34.5 Å². The Labute approximate surface area is 334 Å². The third-order valence-electron chi connectivity index (χ3n) is 11.8. The highest BCUT2D eigenvalue weighted by Gasteiger charge is 2.37. The fourth-order valence-corrected chi connectivity index (χ4v) is 9.03. The smallest absolute Gasteiger partial charge is 0.0718 e. The lowest BCUT2D eigenvalue weighted by Gasteiger charge is -2.28. The molecule has 10 rings (SSSR count). The summed E-state index contributed by atoms with van der Waals surface area (Å²) in [7, 11) is 0. The van der Waals surface area contributed by atoms with Crippen LogP contribution in [0.25, 0.3) is 60.9 Å². The van der Waals surface area contributed by atoms with E-state index >= 15 is 0 Å². The van der Waals surface area contributed by atoms with Crippen molar-refractivity contribution in [3.8, 4) is 22.3 Å². The maximum absolute atomic E-state index is 5.32. The predicted octanol–water partition coefficient (Wildman–Crippen LogP) is 14.1. The molecule has 0 amide bonds. The van der Waals surface area contributed by atoms with Gasteiger partial charge in [0.25, 0.3) is 0 Å². The molecule has 0 saturated carbocycles. The van der Waals surface area contributed by atoms with Gasteiger partial charge in [0, 0.05) is 27.8 Å². The van der Waals surface area contributed by atoms with Gasteiger partial charge in [-0.2, -0.15) is 0 Å². The largest absolute Gasteiger partial charge is 0.333 e. The maximum Gasteiger partial charge on any atom is 0.0718 e. The minimum Gasteiger partial charge on any atom is -0.333 e. The van der Waals surface area contributed by atoms with Crippen LogP contribution in [-0.4, -0.2) is 10.3 Å². The molecule has 8 aromatic rings. The van der Waals surface area contributed by atoms with Crippen molar-refractivity contribution >= 4 is 44.4 Å². The summed E-state index contributed by atoms with van der Waals surface area (Å²) >= 11 is 0. The predicted molar refractivity (Wildman–Crippen MR) is 242 cm³/mol. The number of fused-ring (bicyclic) bond motifs is 6. The number of aliphatic imine (C=N–C) groups is 1. The molecule has 2 nitrogen and oxygen atoms in total. The summed E-state index contributed by atoms with van der Waals surface area (Å²) in [5, 5.41) is 2.56. The van der Waals surface area contributed by atoms with Crippen LogP contribution in [0.3, 0.4) is 0 Å². The quantitative estimate of drug-likeness (QED) is 0.139. The van der Waals surface area contributed by atoms with Gasteiger partial charge in [-0.3, -0.25) is 0 Å². The topological polar surface area (TPSA) is 17.3 Å². The van der Waals surface area contributed by atoms with E-state index in [0.29, 0.717) is 0 Å². The van der Waals surface area contributed by atoms with Crippen molar-refractivity contribution in [1.82, 2.24) is 4.57 Å². The number of hydrogen-bond acceptors (Lipinski definition) is 1. The van der Waals surface area contributed by atoms with Gasteiger partial charge in [0.15, 0.2) is 0 Å². The van der Waals surface area contributed by atoms with E-state index in [1.807, 2.05) is 18.2 Å². The van der Waals surface area contributed by atoms with Gasteiger partial charge >= 0.3 is 0 Å². The molecule has 0 bridgehead atoms. The molecule has 2 atom stereocenters. The first-order chi connectivity index (χ1) is 28.1. The Bertz CT molecular complexity index is 2930. The van der Waals surface area contributed by atoms with Crippen LogP contribution in [0.1, 0.15) is 40.8 Å². The fourth-order valence-electron chi connectivity index (χ4n) is 9.03. The highest BCUT2D eigenvalue weighted by atomic mass is 15.0. The van der Waals surface area contributed by atoms with Crippen molar-refractivity contribution in [2.45, 2.75) is 19.4 Å². The first-order valence-corrected chi connectivity index (χ1v) is 19.9. The van der Waals surface area contributed by atoms with E-state index in [2.05, 4.69) is 200 Å². The molecule has 2 aliphatic carbocycles. The Morgan fingerprint density at radius 3 is 1.95 bits per heavy atom. The number of aromatic nitrogens is 1. The first-order valence-electron chi connectivity index (χ1n) is 19.9. The second kappa shape index (κ2) is 14.6. The standard InChI is InChI=1S/C55H42N2/c1-37(39-17-7-3-8-18-39)33-51(56-38(2)40-19-9-4-10-20-40)48-27-15-25-45-35-50-47(55(45)48)26-16-28-52(50)57-53-32-30-43(41-21-11-5-12-22-41)34-49(53)46-31-29-44(36-54(46)57)42-23-13-6-14-24-42/h3-34,36,50,52H,2,35H2,1H3/b37-33+,56-51?. The van der Waals surface area contributed by atoms with E-state index in [9.17, 15) is 0 Å². The molecule has 272 valence electrons. The first kappa shape index (κ1) is 34.5. The third-order valence-corrected chi connectivity index (χ3v) is 11.8. The maximum atomic E-state index is 5.32. The Morgan fingerprint density at radius 1 is 0.614 bits per heavy atom. The second-order valence-electron chi connectivity index (χ2n) is 15.2. The Kier molecular flexibility index (Phi) is 8.80. The van der Waals surface area contributed by atoms with Crippen molar-refractivity contribution in [3.63, 3.8) is 0 Å². The van der Waals surface area contributed by atoms with Gasteiger partial charge in [0.2, 0.25) is 0 Å². The van der Waals surface area contributed by atoms with Crippen LogP contribution in [-0.2, 0) is 6.42 Å². The van der Waals surface area contributed by atoms with Gasteiger partial charge in [-0.1, -0.05) is 183 Å². The van der Waals surface area contributed by atoms with E-state index in [-0.39, 0.29) is 12.0 Å². The van der Waals surface area contributed by atoms with Crippen molar-refractivity contribution in [3.05, 3.63) is 235 Å². The number of allylic oxidation sites excluding steroid dienone is 6. The minimum absolute atomic E-state index is 0.111. The Hall–Kier alpha value is -7.03. The third kappa shape index (κ3) is 6.30. The molecule has 0 radical (unpaired) electrons. The lowest BCUT2D eigenvalue weighted by Crippen LogP contribution is -2.19. The van der Waals surface area contributed by atoms with Gasteiger partial charge in [-0.25, -0.2) is 4.99 Å². The number of benzene rings is 7. The minimum atomic E-state index is 0.111. The van der Waals surface area contributed by atoms with Crippen LogP contribution in [0, 0.1) is 5.92 Å². The van der Waals surface area contributed by atoms with Gasteiger partial charge in [-0.05, 0) is 93.3 Å². The molecular formula is C55H42N2. The lowest BCUT2D eigenvalue weighted by molar-refractivity contribution is 0.498. The molecule has 2 unspecified atom stereocenters. The molecule has 0 N–H and O–H groups in total. The van der Waals surface area contributed by atoms with Crippen molar-refractivity contribution in [2.75, 3.05) is 0 Å². The molecule has 0 aliphatic heterocycles. The summed E-state index contributed by atoms with van der Waals surface area (Å²) in [5.41, 5.74) is 17.6. The molecule has 0 fully saturated rings. The molecule has 1 heterocycles. The lowest BCUT2D eigenvalue weighted by atomic mass is 9.85. The molecule has 0 spiro atoms. The van der Waals surface area contributed by atoms with E-state index in [4.69, 9.17) is 4.99 Å². The summed E-state index contributed by atoms with van der Waals surface area (Å²) in [6, 6.07) is 63.3. The monoisotopic (exact) mass is 730 g/mol. The molecule has 0 saturated heterocycles. The summed E-state index contributed by atoms with van der Waals surface area (Å²) < 4.78 is 2.62. The average Bonchev–Trinajstić information content (AvgIpc) is 3.83. The van der Waals surface area contributed by atoms with Crippen LogP contribution in [0.5, 0.6) is 0 Å². The SMILES string of the molecule is C=C(N=C(/C=C(\C)c1ccccc1)c1cccc2c1C1=CC=CC(n3c4ccc(-c5ccccc5)cc4c4ccc(-c5ccccc5)cc43)C1C2)c1ccccc1. The van der Waals surface area contributed by atoms with Crippen molar-refractivity contribution < 1.29 is 0 Å². The summed E-state index contributed by atoms with van der Waals surface area (Å²) in [4.78, 5) is 5.32. The van der Waals surface area contributed by atoms with Crippen LogP contribution >= 0.6 is 0 Å². The summed E-state index contributed by atoms with van der Waals surface area (Å²) in [6.07, 6.45) is 10.2. The molecule has 7 aromatic carbocycles. The van der Waals surface area contributed by atoms with Gasteiger partial charge in [-0.15, -0.1) is 0 Å². The molecule has 2 aliphatic rings. The zero-order valence-electron chi connectivity index (χ0n) is 32.0. The van der Waals surface area contributed by atoms with Gasteiger partial charge in [0.05, 0.1) is 23.0 Å². The van der Waals surface area contributed by atoms with E-state index < -0.39 is 0 Å². The second-order valence-corrected chi connectivity index (χ2v) is 15.2. The number of nitrogens with zero attached hydrogens (tertiary/aromatic N) is 2. The van der Waals surface area contributed by atoms with Crippen LogP contribution in [0.2, 0.25) is 0 Å². The van der Waals surface area contributed by atoms with Crippen molar-refractivity contribution in [2.24, 2.45) is 10.9 Å². The molecule has 2 heteroatoms. The van der Waals surface area contributed by atoms with Crippen molar-refractivity contribution in [1.29, 1.82) is 0 Å². The van der Waals surface area contributed by atoms with Crippen LogP contribution in [0.4, 0.5) is 0 Å². The van der Waals surface area contributed by atoms with Gasteiger partial charge < -0.3 is 4.57 Å². The zero-order valence-corrected chi connectivity index (χ0v) is 32.0. The number of rotatable bonds is 8. The van der Waals surface area contributed by atoms with Crippen LogP contribution in [0.15, 0.2) is 212 Å². The zero-order chi connectivity index (χ0) is 38.3. The van der Waals surface area contributed by atoms with E-state index in [1.165, 1.54) is 66.3 Å². The Balaban J connectivity index is 1.12. The van der Waals surface area contributed by atoms with E-state index in [1.54, 1.807) is 0 Å². The average molecular weight is 731 g/mol. The van der Waals surface area contributed by atoms with Gasteiger partial charge in [0.1, 0.15) is 0 Å².